The van der Waals surface area contributed by atoms with Gasteiger partial charge in [0.25, 0.3) is 0 Å². The number of fused-ring (bicyclic) bond motifs is 1. The van der Waals surface area contributed by atoms with Crippen molar-refractivity contribution in [3.63, 3.8) is 0 Å². The van der Waals surface area contributed by atoms with E-state index < -0.39 is 0 Å². The quantitative estimate of drug-likeness (QED) is 0.633. The minimum Gasteiger partial charge on any atom is -0.497 e. The van der Waals surface area contributed by atoms with Gasteiger partial charge in [-0.1, -0.05) is 41.6 Å². The van der Waals surface area contributed by atoms with Crippen molar-refractivity contribution in [3.8, 4) is 17.0 Å². The fourth-order valence-electron chi connectivity index (χ4n) is 2.61. The molecule has 6 heteroatoms. The number of ether oxygens (including phenoxy) is 1. The summed E-state index contributed by atoms with van der Waals surface area (Å²) in [6.07, 6.45) is 0. The minimum atomic E-state index is 0.846. The maximum Gasteiger partial charge on any atom is 0.193 e. The van der Waals surface area contributed by atoms with E-state index in [-0.39, 0.29) is 0 Å². The third kappa shape index (κ3) is 3.07. The molecule has 0 saturated heterocycles. The number of nitrogens with zero attached hydrogens (tertiary/aromatic N) is 2. The number of imidazole rings is 1. The zero-order valence-corrected chi connectivity index (χ0v) is 16.2. The molecule has 0 radical (unpaired) electrons. The zero-order valence-electron chi connectivity index (χ0n) is 13.8. The van der Waals surface area contributed by atoms with Crippen LogP contribution in [-0.2, 0) is 0 Å². The molecule has 1 aliphatic rings. The summed E-state index contributed by atoms with van der Waals surface area (Å²) in [6.45, 7) is 2.08. The van der Waals surface area contributed by atoms with Crippen LogP contribution >= 0.6 is 27.7 Å². The molecule has 0 amide bonds. The molecule has 4 rings (SSSR count). The molecule has 0 unspecified atom stereocenters. The van der Waals surface area contributed by atoms with Crippen LogP contribution < -0.4 is 10.2 Å². The van der Waals surface area contributed by atoms with Crippen LogP contribution in [0.15, 0.2) is 63.7 Å². The highest BCUT2D eigenvalue weighted by molar-refractivity contribution is 9.10. The normalized spacial score (nSPS) is 13.0. The molecular formula is C19H16BrN3OS. The van der Waals surface area contributed by atoms with Crippen molar-refractivity contribution in [1.82, 2.24) is 9.66 Å². The SMILES string of the molecule is COc1ccc(C2=CSc3nc(-c4ccc(C)cc4)c(Br)n3N2)cc1. The number of rotatable bonds is 3. The molecule has 1 aromatic heterocycles. The topological polar surface area (TPSA) is 39.1 Å². The van der Waals surface area contributed by atoms with Gasteiger partial charge in [0.2, 0.25) is 0 Å². The van der Waals surface area contributed by atoms with Crippen molar-refractivity contribution in [3.05, 3.63) is 69.7 Å². The lowest BCUT2D eigenvalue weighted by atomic mass is 10.1. The van der Waals surface area contributed by atoms with Crippen LogP contribution in [0.3, 0.4) is 0 Å². The Morgan fingerprint density at radius 3 is 2.40 bits per heavy atom. The predicted molar refractivity (Wildman–Crippen MR) is 106 cm³/mol. The monoisotopic (exact) mass is 413 g/mol. The van der Waals surface area contributed by atoms with Crippen LogP contribution in [0.4, 0.5) is 0 Å². The number of aromatic nitrogens is 2. The van der Waals surface area contributed by atoms with Gasteiger partial charge in [-0.2, -0.15) is 0 Å². The molecule has 2 heterocycles. The molecule has 1 aliphatic heterocycles. The van der Waals surface area contributed by atoms with Crippen LogP contribution in [0.5, 0.6) is 5.75 Å². The third-order valence-electron chi connectivity index (χ3n) is 4.03. The lowest BCUT2D eigenvalue weighted by Crippen LogP contribution is -2.17. The summed E-state index contributed by atoms with van der Waals surface area (Å²) in [5.74, 6) is 0.846. The van der Waals surface area contributed by atoms with Crippen LogP contribution in [0.25, 0.3) is 17.0 Å². The van der Waals surface area contributed by atoms with Gasteiger partial charge in [-0.25, -0.2) is 9.66 Å². The van der Waals surface area contributed by atoms with Gasteiger partial charge >= 0.3 is 0 Å². The average molecular weight is 414 g/mol. The summed E-state index contributed by atoms with van der Waals surface area (Å²) >= 11 is 5.29. The highest BCUT2D eigenvalue weighted by Gasteiger charge is 2.21. The van der Waals surface area contributed by atoms with Gasteiger partial charge in [-0.3, -0.25) is 5.43 Å². The van der Waals surface area contributed by atoms with Crippen molar-refractivity contribution < 1.29 is 4.74 Å². The highest BCUT2D eigenvalue weighted by Crippen LogP contribution is 2.36. The van der Waals surface area contributed by atoms with Crippen molar-refractivity contribution in [2.24, 2.45) is 0 Å². The fraction of sp³-hybridized carbons (Fsp3) is 0.105. The molecule has 1 N–H and O–H groups in total. The van der Waals surface area contributed by atoms with Gasteiger partial charge in [0.1, 0.15) is 16.0 Å². The van der Waals surface area contributed by atoms with Gasteiger partial charge in [0.15, 0.2) is 5.16 Å². The first-order valence-corrected chi connectivity index (χ1v) is 9.46. The average Bonchev–Trinajstić information content (AvgIpc) is 2.99. The summed E-state index contributed by atoms with van der Waals surface area (Å²) in [4.78, 5) is 4.76. The van der Waals surface area contributed by atoms with E-state index in [1.807, 2.05) is 28.9 Å². The first-order chi connectivity index (χ1) is 12.2. The smallest absolute Gasteiger partial charge is 0.193 e. The van der Waals surface area contributed by atoms with E-state index in [0.29, 0.717) is 0 Å². The molecule has 0 spiro atoms. The van der Waals surface area contributed by atoms with E-state index in [1.165, 1.54) is 5.56 Å². The highest BCUT2D eigenvalue weighted by atomic mass is 79.9. The standard InChI is InChI=1S/C19H16BrN3OS/c1-12-3-5-14(6-4-12)17-18(20)23-19(21-17)25-11-16(22-23)13-7-9-15(24-2)10-8-13/h3-11,22H,1-2H3. The number of hydrogen-bond acceptors (Lipinski definition) is 4. The Kier molecular flexibility index (Phi) is 4.31. The first kappa shape index (κ1) is 16.3. The van der Waals surface area contributed by atoms with Gasteiger partial charge in [-0.05, 0) is 47.1 Å². The Hall–Kier alpha value is -2.18. The van der Waals surface area contributed by atoms with Crippen LogP contribution in [0.2, 0.25) is 0 Å². The zero-order chi connectivity index (χ0) is 17.4. The molecular weight excluding hydrogens is 398 g/mol. The molecule has 0 aliphatic carbocycles. The number of thioether (sulfide) groups is 1. The molecule has 0 saturated carbocycles. The fourth-order valence-corrected chi connectivity index (χ4v) is 4.10. The summed E-state index contributed by atoms with van der Waals surface area (Å²) in [7, 11) is 1.67. The van der Waals surface area contributed by atoms with Crippen LogP contribution in [0.1, 0.15) is 11.1 Å². The lowest BCUT2D eigenvalue weighted by Gasteiger charge is -2.19. The summed E-state index contributed by atoms with van der Waals surface area (Å²) in [5, 5.41) is 2.98. The Balaban J connectivity index is 1.65. The van der Waals surface area contributed by atoms with Gasteiger partial charge < -0.3 is 4.74 Å². The molecule has 2 aromatic carbocycles. The minimum absolute atomic E-state index is 0.846. The second kappa shape index (κ2) is 6.61. The molecule has 25 heavy (non-hydrogen) atoms. The molecule has 126 valence electrons. The van der Waals surface area contributed by atoms with Gasteiger partial charge in [0, 0.05) is 16.5 Å². The maximum atomic E-state index is 5.22. The van der Waals surface area contributed by atoms with Crippen molar-refractivity contribution in [2.45, 2.75) is 12.1 Å². The van der Waals surface area contributed by atoms with E-state index in [2.05, 4.69) is 58.0 Å². The Labute approximate surface area is 159 Å². The van der Waals surface area contributed by atoms with Gasteiger partial charge in [-0.15, -0.1) is 0 Å². The number of aryl methyl sites for hydroxylation is 1. The number of nitrogens with one attached hydrogen (secondary N) is 1. The lowest BCUT2D eigenvalue weighted by molar-refractivity contribution is 0.415. The van der Waals surface area contributed by atoms with E-state index in [9.17, 15) is 0 Å². The largest absolute Gasteiger partial charge is 0.497 e. The summed E-state index contributed by atoms with van der Waals surface area (Å²) < 4.78 is 8.11. The number of methoxy groups -OCH3 is 1. The predicted octanol–water partition coefficient (Wildman–Crippen LogP) is 5.28. The van der Waals surface area contributed by atoms with Crippen LogP contribution in [0, 0.1) is 6.92 Å². The van der Waals surface area contributed by atoms with Crippen molar-refractivity contribution in [2.75, 3.05) is 12.5 Å². The number of halogens is 1. The van der Waals surface area contributed by atoms with Crippen molar-refractivity contribution >= 4 is 33.4 Å². The Morgan fingerprint density at radius 1 is 1.04 bits per heavy atom. The Bertz CT molecular complexity index is 946. The van der Waals surface area contributed by atoms with E-state index >= 15 is 0 Å². The van der Waals surface area contributed by atoms with E-state index in [1.54, 1.807) is 18.9 Å². The maximum absolute atomic E-state index is 5.22. The second-order valence-electron chi connectivity index (χ2n) is 5.72. The molecule has 0 atom stereocenters. The molecule has 3 aromatic rings. The second-order valence-corrected chi connectivity index (χ2v) is 7.31. The molecule has 0 fully saturated rings. The number of benzene rings is 2. The van der Waals surface area contributed by atoms with E-state index in [0.717, 1.165) is 38.0 Å². The molecule has 4 nitrogen and oxygen atoms in total. The van der Waals surface area contributed by atoms with Crippen molar-refractivity contribution in [1.29, 1.82) is 0 Å². The van der Waals surface area contributed by atoms with Crippen LogP contribution in [-0.4, -0.2) is 16.8 Å². The number of hydrogen-bond donors (Lipinski definition) is 1. The third-order valence-corrected chi connectivity index (χ3v) is 5.60. The Morgan fingerprint density at radius 2 is 1.72 bits per heavy atom. The summed E-state index contributed by atoms with van der Waals surface area (Å²) in [5.41, 5.74) is 8.80. The molecule has 0 bridgehead atoms. The summed E-state index contributed by atoms with van der Waals surface area (Å²) in [6, 6.07) is 16.4. The van der Waals surface area contributed by atoms with E-state index in [4.69, 9.17) is 9.72 Å². The first-order valence-electron chi connectivity index (χ1n) is 7.79. The van der Waals surface area contributed by atoms with Gasteiger partial charge in [0.05, 0.1) is 12.8 Å².